The highest BCUT2D eigenvalue weighted by atomic mass is 32.2. The number of thiazole rings is 1. The monoisotopic (exact) mass is 424 g/mol. The van der Waals surface area contributed by atoms with Crippen molar-refractivity contribution < 1.29 is 8.42 Å². The van der Waals surface area contributed by atoms with Gasteiger partial charge in [0.2, 0.25) is 10.0 Å². The second kappa shape index (κ2) is 8.43. The fourth-order valence-corrected chi connectivity index (χ4v) is 5.61. The smallest absolute Gasteiger partial charge is 0.243 e. The van der Waals surface area contributed by atoms with Gasteiger partial charge in [-0.25, -0.2) is 13.4 Å². The second-order valence-corrected chi connectivity index (χ2v) is 9.63. The summed E-state index contributed by atoms with van der Waals surface area (Å²) < 4.78 is 27.2. The molecular weight excluding hydrogens is 404 g/mol. The number of nitriles is 1. The predicted octanol–water partition coefficient (Wildman–Crippen LogP) is 3.19. The summed E-state index contributed by atoms with van der Waals surface area (Å²) in [5.41, 5.74) is 2.47. The Hall–Kier alpha value is -2.57. The molecule has 148 valence electrons. The average Bonchev–Trinajstić information content (AvgIpc) is 3.23. The van der Waals surface area contributed by atoms with Gasteiger partial charge in [0.1, 0.15) is 5.01 Å². The lowest BCUT2D eigenvalue weighted by Crippen LogP contribution is -2.48. The van der Waals surface area contributed by atoms with Crippen LogP contribution < -0.4 is 0 Å². The van der Waals surface area contributed by atoms with Crippen molar-refractivity contribution in [3.05, 3.63) is 71.2 Å². The van der Waals surface area contributed by atoms with Crippen molar-refractivity contribution >= 4 is 21.4 Å². The molecule has 4 rings (SSSR count). The van der Waals surface area contributed by atoms with Crippen LogP contribution in [0.15, 0.2) is 64.9 Å². The van der Waals surface area contributed by atoms with Crippen LogP contribution >= 0.6 is 11.3 Å². The molecule has 0 atom stereocenters. The average molecular weight is 425 g/mol. The second-order valence-electron chi connectivity index (χ2n) is 6.83. The fourth-order valence-electron chi connectivity index (χ4n) is 3.33. The van der Waals surface area contributed by atoms with Crippen molar-refractivity contribution in [1.29, 1.82) is 5.26 Å². The van der Waals surface area contributed by atoms with Crippen molar-refractivity contribution in [3.8, 4) is 16.6 Å². The van der Waals surface area contributed by atoms with Gasteiger partial charge in [0.15, 0.2) is 0 Å². The zero-order valence-corrected chi connectivity index (χ0v) is 17.4. The van der Waals surface area contributed by atoms with E-state index in [4.69, 9.17) is 10.2 Å². The summed E-state index contributed by atoms with van der Waals surface area (Å²) in [6, 6.07) is 18.3. The minimum Gasteiger partial charge on any atom is -0.295 e. The Morgan fingerprint density at radius 1 is 1.03 bits per heavy atom. The van der Waals surface area contributed by atoms with Crippen molar-refractivity contribution in [2.24, 2.45) is 0 Å². The third-order valence-corrected chi connectivity index (χ3v) is 7.73. The molecule has 0 N–H and O–H groups in total. The topological polar surface area (TPSA) is 77.3 Å². The SMILES string of the molecule is N#Cc1cccc(S(=O)(=O)N2CCN(Cc3csc(-c4ccccc4)n3)CC2)c1. The molecule has 0 bridgehead atoms. The lowest BCUT2D eigenvalue weighted by molar-refractivity contribution is 0.180. The Morgan fingerprint density at radius 3 is 2.52 bits per heavy atom. The van der Waals surface area contributed by atoms with Gasteiger partial charge in [0.05, 0.1) is 22.2 Å². The van der Waals surface area contributed by atoms with E-state index in [9.17, 15) is 8.42 Å². The lowest BCUT2D eigenvalue weighted by atomic mass is 10.2. The number of benzene rings is 2. The lowest BCUT2D eigenvalue weighted by Gasteiger charge is -2.33. The maximum atomic E-state index is 12.9. The van der Waals surface area contributed by atoms with E-state index in [1.165, 1.54) is 10.4 Å². The van der Waals surface area contributed by atoms with Crippen LogP contribution in [0.2, 0.25) is 0 Å². The minimum atomic E-state index is -3.58. The highest BCUT2D eigenvalue weighted by Crippen LogP contribution is 2.24. The van der Waals surface area contributed by atoms with Crippen molar-refractivity contribution in [1.82, 2.24) is 14.2 Å². The minimum absolute atomic E-state index is 0.178. The molecule has 0 aliphatic carbocycles. The first-order valence-electron chi connectivity index (χ1n) is 9.29. The molecular formula is C21H20N4O2S2. The largest absolute Gasteiger partial charge is 0.295 e. The Balaban J connectivity index is 1.38. The van der Waals surface area contributed by atoms with Gasteiger partial charge in [-0.05, 0) is 18.2 Å². The molecule has 2 heterocycles. The van der Waals surface area contributed by atoms with Crippen LogP contribution in [0.3, 0.4) is 0 Å². The first kappa shape index (κ1) is 19.7. The molecule has 0 unspecified atom stereocenters. The van der Waals surface area contributed by atoms with E-state index < -0.39 is 10.0 Å². The Bertz CT molecular complexity index is 1130. The van der Waals surface area contributed by atoms with Crippen molar-refractivity contribution in [2.75, 3.05) is 26.2 Å². The highest BCUT2D eigenvalue weighted by molar-refractivity contribution is 7.89. The molecule has 0 spiro atoms. The van der Waals surface area contributed by atoms with E-state index in [0.29, 0.717) is 38.3 Å². The summed E-state index contributed by atoms with van der Waals surface area (Å²) in [7, 11) is -3.58. The number of sulfonamides is 1. The number of piperazine rings is 1. The molecule has 1 fully saturated rings. The number of aromatic nitrogens is 1. The molecule has 1 saturated heterocycles. The number of nitrogens with zero attached hydrogens (tertiary/aromatic N) is 4. The summed E-state index contributed by atoms with van der Waals surface area (Å²) in [5.74, 6) is 0. The molecule has 2 aromatic carbocycles. The Morgan fingerprint density at radius 2 is 1.79 bits per heavy atom. The molecule has 3 aromatic rings. The van der Waals surface area contributed by atoms with Gasteiger partial charge in [-0.3, -0.25) is 4.90 Å². The van der Waals surface area contributed by atoms with E-state index >= 15 is 0 Å². The molecule has 0 radical (unpaired) electrons. The van der Waals surface area contributed by atoms with Crippen LogP contribution in [0.5, 0.6) is 0 Å². The maximum absolute atomic E-state index is 12.9. The molecule has 29 heavy (non-hydrogen) atoms. The zero-order chi connectivity index (χ0) is 20.3. The van der Waals surface area contributed by atoms with Crippen molar-refractivity contribution in [3.63, 3.8) is 0 Å². The van der Waals surface area contributed by atoms with Gasteiger partial charge < -0.3 is 0 Å². The summed E-state index contributed by atoms with van der Waals surface area (Å²) >= 11 is 1.63. The fraction of sp³-hybridized carbons (Fsp3) is 0.238. The number of hydrogen-bond acceptors (Lipinski definition) is 6. The quantitative estimate of drug-likeness (QED) is 0.629. The molecule has 6 nitrogen and oxygen atoms in total. The predicted molar refractivity (Wildman–Crippen MR) is 113 cm³/mol. The van der Waals surface area contributed by atoms with E-state index in [1.807, 2.05) is 36.4 Å². The van der Waals surface area contributed by atoms with E-state index in [-0.39, 0.29) is 4.90 Å². The third kappa shape index (κ3) is 4.38. The normalized spacial score (nSPS) is 15.8. The highest BCUT2D eigenvalue weighted by Gasteiger charge is 2.28. The Kier molecular flexibility index (Phi) is 5.74. The molecule has 0 saturated carbocycles. The number of hydrogen-bond donors (Lipinski definition) is 0. The first-order valence-corrected chi connectivity index (χ1v) is 11.6. The van der Waals surface area contributed by atoms with E-state index in [1.54, 1.807) is 29.5 Å². The summed E-state index contributed by atoms with van der Waals surface area (Å²) in [6.45, 7) is 2.86. The van der Waals surface area contributed by atoms with Crippen LogP contribution in [-0.4, -0.2) is 48.8 Å². The van der Waals surface area contributed by atoms with Gasteiger partial charge in [0.25, 0.3) is 0 Å². The zero-order valence-electron chi connectivity index (χ0n) is 15.7. The van der Waals surface area contributed by atoms with Crippen LogP contribution in [0.25, 0.3) is 10.6 Å². The molecule has 1 aliphatic heterocycles. The molecule has 1 aliphatic rings. The van der Waals surface area contributed by atoms with Gasteiger partial charge in [0, 0.05) is 43.7 Å². The van der Waals surface area contributed by atoms with Crippen LogP contribution in [0, 0.1) is 11.3 Å². The standard InChI is InChI=1S/C21H20N4O2S2/c22-14-17-5-4-8-20(13-17)29(26,27)25-11-9-24(10-12-25)15-19-16-28-21(23-19)18-6-2-1-3-7-18/h1-8,13,16H,9-12,15H2. The van der Waals surface area contributed by atoms with Gasteiger partial charge >= 0.3 is 0 Å². The van der Waals surface area contributed by atoms with E-state index in [2.05, 4.69) is 10.3 Å². The van der Waals surface area contributed by atoms with Gasteiger partial charge in [-0.2, -0.15) is 9.57 Å². The maximum Gasteiger partial charge on any atom is 0.243 e. The van der Waals surface area contributed by atoms with Gasteiger partial charge in [-0.15, -0.1) is 11.3 Å². The Labute approximate surface area is 174 Å². The van der Waals surface area contributed by atoms with Crippen LogP contribution in [-0.2, 0) is 16.6 Å². The van der Waals surface area contributed by atoms with Gasteiger partial charge in [-0.1, -0.05) is 36.4 Å². The van der Waals surface area contributed by atoms with Crippen LogP contribution in [0.4, 0.5) is 0 Å². The van der Waals surface area contributed by atoms with E-state index in [0.717, 1.165) is 16.3 Å². The molecule has 0 amide bonds. The summed E-state index contributed by atoms with van der Waals surface area (Å²) in [6.07, 6.45) is 0. The van der Waals surface area contributed by atoms with Crippen molar-refractivity contribution in [2.45, 2.75) is 11.4 Å². The first-order chi connectivity index (χ1) is 14.1. The summed E-state index contributed by atoms with van der Waals surface area (Å²) in [5, 5.41) is 12.1. The third-order valence-electron chi connectivity index (χ3n) is 4.89. The molecule has 8 heteroatoms. The van der Waals surface area contributed by atoms with Crippen LogP contribution in [0.1, 0.15) is 11.3 Å². The number of rotatable bonds is 5. The molecule has 1 aromatic heterocycles. The summed E-state index contributed by atoms with van der Waals surface area (Å²) in [4.78, 5) is 7.12.